The molecule has 1 rings (SSSR count). The lowest BCUT2D eigenvalue weighted by atomic mass is 10.2. The van der Waals surface area contributed by atoms with Crippen molar-refractivity contribution in [2.75, 3.05) is 17.2 Å². The number of anilines is 2. The van der Waals surface area contributed by atoms with Crippen LogP contribution in [-0.2, 0) is 0 Å². The van der Waals surface area contributed by atoms with Crippen molar-refractivity contribution >= 4 is 11.6 Å². The van der Waals surface area contributed by atoms with E-state index in [1.807, 2.05) is 0 Å². The average Bonchev–Trinajstić information content (AvgIpc) is 2.18. The van der Waals surface area contributed by atoms with Gasteiger partial charge in [-0.25, -0.2) is 9.97 Å². The smallest absolute Gasteiger partial charge is 0.383 e. The summed E-state index contributed by atoms with van der Waals surface area (Å²) in [4.78, 5) is 9.19. The molecule has 0 atom stereocenters. The SMILES string of the molecule is Cc1nc(N)c(C)c(N(CC(F)(F)F)C(C)C)n1. The summed E-state index contributed by atoms with van der Waals surface area (Å²) in [6, 6.07) is -0.334. The van der Waals surface area contributed by atoms with E-state index in [4.69, 9.17) is 5.73 Å². The van der Waals surface area contributed by atoms with Crippen LogP contribution in [0.3, 0.4) is 0 Å². The Morgan fingerprint density at radius 2 is 1.78 bits per heavy atom. The normalized spacial score (nSPS) is 12.0. The molecule has 0 saturated carbocycles. The first-order valence-electron chi connectivity index (χ1n) is 5.56. The van der Waals surface area contributed by atoms with E-state index in [-0.39, 0.29) is 17.7 Å². The van der Waals surface area contributed by atoms with Crippen molar-refractivity contribution < 1.29 is 13.2 Å². The largest absolute Gasteiger partial charge is 0.405 e. The lowest BCUT2D eigenvalue weighted by Gasteiger charge is -2.30. The van der Waals surface area contributed by atoms with Crippen molar-refractivity contribution in [1.29, 1.82) is 0 Å². The number of aromatic nitrogens is 2. The van der Waals surface area contributed by atoms with Crippen LogP contribution in [0.25, 0.3) is 0 Å². The van der Waals surface area contributed by atoms with Crippen LogP contribution in [0, 0.1) is 13.8 Å². The molecule has 1 aromatic heterocycles. The fourth-order valence-electron chi connectivity index (χ4n) is 1.61. The molecule has 0 aliphatic heterocycles. The van der Waals surface area contributed by atoms with E-state index < -0.39 is 12.7 Å². The lowest BCUT2D eigenvalue weighted by Crippen LogP contribution is -2.40. The highest BCUT2D eigenvalue weighted by Gasteiger charge is 2.33. The second-order valence-electron chi connectivity index (χ2n) is 4.44. The van der Waals surface area contributed by atoms with Crippen LogP contribution in [0.5, 0.6) is 0 Å². The van der Waals surface area contributed by atoms with Crippen LogP contribution >= 0.6 is 0 Å². The Labute approximate surface area is 104 Å². The maximum atomic E-state index is 12.6. The van der Waals surface area contributed by atoms with Crippen molar-refractivity contribution in [2.45, 2.75) is 39.9 Å². The number of nitrogen functional groups attached to an aromatic ring is 1. The zero-order valence-electron chi connectivity index (χ0n) is 10.8. The third kappa shape index (κ3) is 3.48. The molecular formula is C11H17F3N4. The van der Waals surface area contributed by atoms with Crippen LogP contribution in [-0.4, -0.2) is 28.7 Å². The first-order valence-corrected chi connectivity index (χ1v) is 5.56. The molecule has 4 nitrogen and oxygen atoms in total. The number of rotatable bonds is 3. The van der Waals surface area contributed by atoms with Gasteiger partial charge >= 0.3 is 6.18 Å². The third-order valence-electron chi connectivity index (χ3n) is 2.51. The number of halogens is 3. The summed E-state index contributed by atoms with van der Waals surface area (Å²) in [7, 11) is 0. The molecule has 0 bridgehead atoms. The summed E-state index contributed by atoms with van der Waals surface area (Å²) in [6.45, 7) is 5.53. The minimum atomic E-state index is -4.29. The molecule has 0 spiro atoms. The molecule has 0 aliphatic carbocycles. The van der Waals surface area contributed by atoms with Crippen LogP contribution < -0.4 is 10.6 Å². The molecule has 0 amide bonds. The molecule has 1 aromatic rings. The van der Waals surface area contributed by atoms with Gasteiger partial charge in [0.2, 0.25) is 0 Å². The third-order valence-corrected chi connectivity index (χ3v) is 2.51. The van der Waals surface area contributed by atoms with Gasteiger partial charge in [-0.05, 0) is 27.7 Å². The molecule has 0 unspecified atom stereocenters. The summed E-state index contributed by atoms with van der Waals surface area (Å²) in [5, 5.41) is 0. The Bertz CT molecular complexity index is 429. The number of alkyl halides is 3. The lowest BCUT2D eigenvalue weighted by molar-refractivity contribution is -0.120. The Hall–Kier alpha value is -1.53. The molecule has 7 heteroatoms. The zero-order valence-corrected chi connectivity index (χ0v) is 10.8. The van der Waals surface area contributed by atoms with Crippen LogP contribution in [0.4, 0.5) is 24.8 Å². The van der Waals surface area contributed by atoms with Crippen molar-refractivity contribution in [1.82, 2.24) is 9.97 Å². The highest BCUT2D eigenvalue weighted by Crippen LogP contribution is 2.27. The molecule has 0 saturated heterocycles. The topological polar surface area (TPSA) is 55.0 Å². The van der Waals surface area contributed by atoms with E-state index in [1.165, 1.54) is 4.90 Å². The molecular weight excluding hydrogens is 245 g/mol. The fourth-order valence-corrected chi connectivity index (χ4v) is 1.61. The van der Waals surface area contributed by atoms with Gasteiger partial charge in [-0.1, -0.05) is 0 Å². The van der Waals surface area contributed by atoms with Crippen LogP contribution in [0.1, 0.15) is 25.2 Å². The molecule has 0 aliphatic rings. The first-order chi connectivity index (χ1) is 8.11. The van der Waals surface area contributed by atoms with Gasteiger partial charge in [0.05, 0.1) is 0 Å². The van der Waals surface area contributed by atoms with Crippen molar-refractivity contribution in [2.24, 2.45) is 0 Å². The van der Waals surface area contributed by atoms with E-state index in [1.54, 1.807) is 27.7 Å². The summed E-state index contributed by atoms with van der Waals surface area (Å²) in [6.07, 6.45) is -4.29. The van der Waals surface area contributed by atoms with E-state index in [0.717, 1.165) is 0 Å². The minimum Gasteiger partial charge on any atom is -0.383 e. The molecule has 0 radical (unpaired) electrons. The highest BCUT2D eigenvalue weighted by atomic mass is 19.4. The summed E-state index contributed by atoms with van der Waals surface area (Å²) < 4.78 is 37.7. The molecule has 0 fully saturated rings. The summed E-state index contributed by atoms with van der Waals surface area (Å²) in [5.41, 5.74) is 6.14. The van der Waals surface area contributed by atoms with Gasteiger partial charge < -0.3 is 10.6 Å². The maximum Gasteiger partial charge on any atom is 0.405 e. The van der Waals surface area contributed by atoms with Crippen molar-refractivity contribution in [3.63, 3.8) is 0 Å². The van der Waals surface area contributed by atoms with Crippen molar-refractivity contribution in [3.05, 3.63) is 11.4 Å². The highest BCUT2D eigenvalue weighted by molar-refractivity contribution is 5.57. The van der Waals surface area contributed by atoms with Crippen molar-refractivity contribution in [3.8, 4) is 0 Å². The number of nitrogens with zero attached hydrogens (tertiary/aromatic N) is 3. The quantitative estimate of drug-likeness (QED) is 0.909. The van der Waals surface area contributed by atoms with E-state index in [2.05, 4.69) is 9.97 Å². The second kappa shape index (κ2) is 4.99. The fraction of sp³-hybridized carbons (Fsp3) is 0.636. The van der Waals surface area contributed by atoms with Gasteiger partial charge in [-0.3, -0.25) is 0 Å². The first kappa shape index (κ1) is 14.5. The van der Waals surface area contributed by atoms with Gasteiger partial charge in [0, 0.05) is 11.6 Å². The predicted octanol–water partition coefficient (Wildman–Crippen LogP) is 2.45. The summed E-state index contributed by atoms with van der Waals surface area (Å²) >= 11 is 0. The Balaban J connectivity index is 3.22. The number of hydrogen-bond donors (Lipinski definition) is 1. The van der Waals surface area contributed by atoms with E-state index >= 15 is 0 Å². The number of nitrogens with two attached hydrogens (primary N) is 1. The van der Waals surface area contributed by atoms with E-state index in [0.29, 0.717) is 11.4 Å². The van der Waals surface area contributed by atoms with E-state index in [9.17, 15) is 13.2 Å². The van der Waals surface area contributed by atoms with Gasteiger partial charge in [-0.15, -0.1) is 0 Å². The van der Waals surface area contributed by atoms with Gasteiger partial charge in [0.25, 0.3) is 0 Å². The van der Waals surface area contributed by atoms with Crippen LogP contribution in [0.2, 0.25) is 0 Å². The zero-order chi connectivity index (χ0) is 14.1. The molecule has 18 heavy (non-hydrogen) atoms. The second-order valence-corrected chi connectivity index (χ2v) is 4.44. The Kier molecular flexibility index (Phi) is 4.03. The Morgan fingerprint density at radius 3 is 2.22 bits per heavy atom. The number of hydrogen-bond acceptors (Lipinski definition) is 4. The minimum absolute atomic E-state index is 0.213. The van der Waals surface area contributed by atoms with Gasteiger partial charge in [-0.2, -0.15) is 13.2 Å². The summed E-state index contributed by atoms with van der Waals surface area (Å²) in [5.74, 6) is 0.818. The molecule has 102 valence electrons. The monoisotopic (exact) mass is 262 g/mol. The van der Waals surface area contributed by atoms with Crippen LogP contribution in [0.15, 0.2) is 0 Å². The van der Waals surface area contributed by atoms with Gasteiger partial charge in [0.15, 0.2) is 0 Å². The Morgan fingerprint density at radius 1 is 1.22 bits per heavy atom. The molecule has 1 heterocycles. The number of aryl methyl sites for hydroxylation is 1. The molecule has 2 N–H and O–H groups in total. The predicted molar refractivity (Wildman–Crippen MR) is 64.5 cm³/mol. The average molecular weight is 262 g/mol. The maximum absolute atomic E-state index is 12.6. The molecule has 0 aromatic carbocycles. The standard InChI is InChI=1S/C11H17F3N4/c1-6(2)18(5-11(12,13)14)10-7(3)9(15)16-8(4)17-10/h6H,5H2,1-4H3,(H2,15,16,17). The van der Waals surface area contributed by atoms with Gasteiger partial charge in [0.1, 0.15) is 24.0 Å².